The van der Waals surface area contributed by atoms with Crippen molar-refractivity contribution in [2.45, 2.75) is 52.8 Å². The highest BCUT2D eigenvalue weighted by atomic mass is 16.5. The number of hydrogen-bond acceptors (Lipinski definition) is 2. The lowest BCUT2D eigenvalue weighted by Gasteiger charge is -2.17. The number of para-hydroxylation sites is 1. The predicted octanol–water partition coefficient (Wildman–Crippen LogP) is 3.36. The van der Waals surface area contributed by atoms with Crippen LogP contribution in [0.4, 0.5) is 0 Å². The Labute approximate surface area is 99.0 Å². The lowest BCUT2D eigenvalue weighted by Crippen LogP contribution is -2.22. The molecule has 2 heteroatoms. The monoisotopic (exact) mass is 221 g/mol. The molecule has 0 amide bonds. The number of nitrogens with one attached hydrogen (secondary N) is 1. The molecule has 90 valence electrons. The minimum atomic E-state index is 0.278. The first-order chi connectivity index (χ1) is 7.63. The van der Waals surface area contributed by atoms with Crippen molar-refractivity contribution in [1.82, 2.24) is 5.32 Å². The van der Waals surface area contributed by atoms with E-state index in [0.29, 0.717) is 6.04 Å². The Morgan fingerprint density at radius 1 is 1.19 bits per heavy atom. The van der Waals surface area contributed by atoms with E-state index >= 15 is 0 Å². The van der Waals surface area contributed by atoms with E-state index in [1.54, 1.807) is 0 Å². The summed E-state index contributed by atoms with van der Waals surface area (Å²) < 4.78 is 5.89. The molecule has 1 aromatic carbocycles. The van der Waals surface area contributed by atoms with Crippen molar-refractivity contribution in [2.24, 2.45) is 0 Å². The maximum absolute atomic E-state index is 5.89. The number of ether oxygens (including phenoxy) is 1. The molecule has 2 nitrogen and oxygen atoms in total. The molecule has 0 fully saturated rings. The fraction of sp³-hybridized carbons (Fsp3) is 0.571. The van der Waals surface area contributed by atoms with Gasteiger partial charge in [0.2, 0.25) is 0 Å². The summed E-state index contributed by atoms with van der Waals surface area (Å²) in [6.45, 7) is 9.41. The molecule has 0 aliphatic rings. The maximum Gasteiger partial charge on any atom is 0.124 e. The highest BCUT2D eigenvalue weighted by molar-refractivity contribution is 5.33. The summed E-state index contributed by atoms with van der Waals surface area (Å²) in [4.78, 5) is 0. The van der Waals surface area contributed by atoms with Gasteiger partial charge in [-0.3, -0.25) is 0 Å². The molecular formula is C14H23NO. The molecule has 0 saturated heterocycles. The molecule has 1 aromatic rings. The zero-order chi connectivity index (χ0) is 12.0. The van der Waals surface area contributed by atoms with Crippen molar-refractivity contribution in [2.75, 3.05) is 0 Å². The summed E-state index contributed by atoms with van der Waals surface area (Å²) in [6.07, 6.45) is 1.31. The van der Waals surface area contributed by atoms with E-state index in [4.69, 9.17) is 4.74 Å². The van der Waals surface area contributed by atoms with Crippen LogP contribution in [0.2, 0.25) is 0 Å². The Morgan fingerprint density at radius 2 is 1.88 bits per heavy atom. The third-order valence-electron chi connectivity index (χ3n) is 2.58. The van der Waals surface area contributed by atoms with Crippen molar-refractivity contribution >= 4 is 0 Å². The van der Waals surface area contributed by atoms with E-state index in [1.165, 1.54) is 5.56 Å². The largest absolute Gasteiger partial charge is 0.490 e. The van der Waals surface area contributed by atoms with Crippen LogP contribution in [0.5, 0.6) is 5.75 Å². The standard InChI is InChI=1S/C14H23NO/c1-5-12(4)16-14-9-7-6-8-13(14)10-15-11(2)3/h6-9,11-12,15H,5,10H2,1-4H3/t12-/m0/s1. The molecule has 0 aliphatic heterocycles. The highest BCUT2D eigenvalue weighted by Crippen LogP contribution is 2.19. The van der Waals surface area contributed by atoms with Crippen LogP contribution in [0.25, 0.3) is 0 Å². The molecule has 0 spiro atoms. The summed E-state index contributed by atoms with van der Waals surface area (Å²) in [6, 6.07) is 8.74. The number of rotatable bonds is 6. The van der Waals surface area contributed by atoms with E-state index in [0.717, 1.165) is 18.7 Å². The zero-order valence-electron chi connectivity index (χ0n) is 10.8. The number of hydrogen-bond donors (Lipinski definition) is 1. The first-order valence-corrected chi connectivity index (χ1v) is 6.11. The average Bonchev–Trinajstić information content (AvgIpc) is 2.27. The van der Waals surface area contributed by atoms with Crippen LogP contribution in [0.15, 0.2) is 24.3 Å². The highest BCUT2D eigenvalue weighted by Gasteiger charge is 2.06. The van der Waals surface area contributed by atoms with E-state index in [-0.39, 0.29) is 6.10 Å². The summed E-state index contributed by atoms with van der Waals surface area (Å²) in [5.74, 6) is 1.00. The predicted molar refractivity (Wildman–Crippen MR) is 68.8 cm³/mol. The summed E-state index contributed by atoms with van der Waals surface area (Å²) >= 11 is 0. The minimum absolute atomic E-state index is 0.278. The minimum Gasteiger partial charge on any atom is -0.490 e. The quantitative estimate of drug-likeness (QED) is 0.795. The topological polar surface area (TPSA) is 21.3 Å². The molecule has 0 aromatic heterocycles. The summed E-state index contributed by atoms with van der Waals surface area (Å²) in [5.41, 5.74) is 1.23. The Balaban J connectivity index is 2.67. The average molecular weight is 221 g/mol. The van der Waals surface area contributed by atoms with Gasteiger partial charge < -0.3 is 10.1 Å². The zero-order valence-corrected chi connectivity index (χ0v) is 10.8. The first kappa shape index (κ1) is 13.0. The van der Waals surface area contributed by atoms with Gasteiger partial charge in [0.15, 0.2) is 0 Å². The lowest BCUT2D eigenvalue weighted by molar-refractivity contribution is 0.215. The Kier molecular flexibility index (Phi) is 5.33. The summed E-state index contributed by atoms with van der Waals surface area (Å²) in [7, 11) is 0. The van der Waals surface area contributed by atoms with Crippen LogP contribution in [0, 0.1) is 0 Å². The molecule has 0 unspecified atom stereocenters. The van der Waals surface area contributed by atoms with Crippen LogP contribution in [0.3, 0.4) is 0 Å². The molecule has 1 N–H and O–H groups in total. The van der Waals surface area contributed by atoms with Gasteiger partial charge in [0.1, 0.15) is 5.75 Å². The summed E-state index contributed by atoms with van der Waals surface area (Å²) in [5, 5.41) is 3.41. The smallest absolute Gasteiger partial charge is 0.124 e. The molecular weight excluding hydrogens is 198 g/mol. The third kappa shape index (κ3) is 4.23. The fourth-order valence-electron chi connectivity index (χ4n) is 1.38. The molecule has 0 aliphatic carbocycles. The number of benzene rings is 1. The van der Waals surface area contributed by atoms with Crippen LogP contribution >= 0.6 is 0 Å². The SMILES string of the molecule is CC[C@H](C)Oc1ccccc1CNC(C)C. The van der Waals surface area contributed by atoms with Gasteiger partial charge in [-0.25, -0.2) is 0 Å². The maximum atomic E-state index is 5.89. The molecule has 0 saturated carbocycles. The molecule has 16 heavy (non-hydrogen) atoms. The van der Waals surface area contributed by atoms with E-state index in [2.05, 4.69) is 45.1 Å². The lowest BCUT2D eigenvalue weighted by atomic mass is 10.2. The van der Waals surface area contributed by atoms with Crippen molar-refractivity contribution in [3.05, 3.63) is 29.8 Å². The van der Waals surface area contributed by atoms with Gasteiger partial charge in [0.05, 0.1) is 6.10 Å². The van der Waals surface area contributed by atoms with E-state index < -0.39 is 0 Å². The van der Waals surface area contributed by atoms with Gasteiger partial charge in [-0.2, -0.15) is 0 Å². The molecule has 1 atom stereocenters. The normalized spacial score (nSPS) is 12.8. The van der Waals surface area contributed by atoms with Gasteiger partial charge >= 0.3 is 0 Å². The van der Waals surface area contributed by atoms with E-state index in [1.807, 2.05) is 12.1 Å². The van der Waals surface area contributed by atoms with Gasteiger partial charge in [-0.15, -0.1) is 0 Å². The first-order valence-electron chi connectivity index (χ1n) is 6.11. The third-order valence-corrected chi connectivity index (χ3v) is 2.58. The molecule has 0 heterocycles. The Hall–Kier alpha value is -1.02. The van der Waals surface area contributed by atoms with Crippen molar-refractivity contribution in [1.29, 1.82) is 0 Å². The fourth-order valence-corrected chi connectivity index (χ4v) is 1.38. The molecule has 0 radical (unpaired) electrons. The van der Waals surface area contributed by atoms with E-state index in [9.17, 15) is 0 Å². The Morgan fingerprint density at radius 3 is 2.50 bits per heavy atom. The molecule has 1 rings (SSSR count). The van der Waals surface area contributed by atoms with Crippen LogP contribution < -0.4 is 10.1 Å². The van der Waals surface area contributed by atoms with Crippen molar-refractivity contribution in [3.63, 3.8) is 0 Å². The van der Waals surface area contributed by atoms with Crippen molar-refractivity contribution in [3.8, 4) is 5.75 Å². The van der Waals surface area contributed by atoms with Crippen molar-refractivity contribution < 1.29 is 4.74 Å². The van der Waals surface area contributed by atoms with Gasteiger partial charge in [0, 0.05) is 18.2 Å². The second-order valence-corrected chi connectivity index (χ2v) is 4.48. The van der Waals surface area contributed by atoms with Gasteiger partial charge in [-0.05, 0) is 19.4 Å². The van der Waals surface area contributed by atoms with Gasteiger partial charge in [-0.1, -0.05) is 39.0 Å². The molecule has 0 bridgehead atoms. The Bertz CT molecular complexity index is 309. The van der Waals surface area contributed by atoms with Gasteiger partial charge in [0.25, 0.3) is 0 Å². The van der Waals surface area contributed by atoms with Crippen LogP contribution in [0.1, 0.15) is 39.7 Å². The van der Waals surface area contributed by atoms with Crippen LogP contribution in [-0.4, -0.2) is 12.1 Å². The second-order valence-electron chi connectivity index (χ2n) is 4.48. The van der Waals surface area contributed by atoms with Crippen LogP contribution in [-0.2, 0) is 6.54 Å². The second kappa shape index (κ2) is 6.54.